The molecule has 0 unspecified atom stereocenters. The van der Waals surface area contributed by atoms with Gasteiger partial charge in [-0.3, -0.25) is 14.7 Å². The molecule has 2 aromatic heterocycles. The number of H-pyrrole nitrogens is 1. The Bertz CT molecular complexity index is 695. The van der Waals surface area contributed by atoms with Gasteiger partial charge >= 0.3 is 11.4 Å². The van der Waals surface area contributed by atoms with Gasteiger partial charge in [0, 0.05) is 13.6 Å². The topological polar surface area (TPSA) is 132 Å². The molecule has 0 radical (unpaired) electrons. The number of hydrogen-bond acceptors (Lipinski definition) is 8. The van der Waals surface area contributed by atoms with E-state index in [1.165, 1.54) is 4.57 Å². The Morgan fingerprint density at radius 2 is 2.35 bits per heavy atom. The fourth-order valence-electron chi connectivity index (χ4n) is 1.43. The van der Waals surface area contributed by atoms with Gasteiger partial charge in [0.2, 0.25) is 5.95 Å². The number of rotatable bonds is 5. The zero-order valence-corrected chi connectivity index (χ0v) is 11.5. The Morgan fingerprint density at radius 3 is 2.95 bits per heavy atom. The van der Waals surface area contributed by atoms with Gasteiger partial charge < -0.3 is 5.32 Å². The minimum atomic E-state index is -0.581. The van der Waals surface area contributed by atoms with Gasteiger partial charge in [-0.1, -0.05) is 0 Å². The van der Waals surface area contributed by atoms with Crippen LogP contribution in [-0.4, -0.2) is 36.7 Å². The van der Waals surface area contributed by atoms with E-state index in [9.17, 15) is 14.9 Å². The predicted octanol–water partition coefficient (Wildman–Crippen LogP) is 0.482. The molecule has 0 fully saturated rings. The van der Waals surface area contributed by atoms with Gasteiger partial charge in [0.25, 0.3) is 0 Å². The van der Waals surface area contributed by atoms with Crippen LogP contribution in [0.3, 0.4) is 0 Å². The largest absolute Gasteiger partial charge is 0.357 e. The van der Waals surface area contributed by atoms with Crippen molar-refractivity contribution in [2.75, 3.05) is 12.4 Å². The van der Waals surface area contributed by atoms with E-state index < -0.39 is 4.92 Å². The first-order chi connectivity index (χ1) is 9.56. The molecule has 11 heteroatoms. The molecule has 0 aliphatic heterocycles. The van der Waals surface area contributed by atoms with Crippen LogP contribution in [0.1, 0.15) is 6.92 Å². The third kappa shape index (κ3) is 2.61. The van der Waals surface area contributed by atoms with Gasteiger partial charge in [-0.25, -0.2) is 14.9 Å². The summed E-state index contributed by atoms with van der Waals surface area (Å²) in [6.45, 7) is 2.17. The summed E-state index contributed by atoms with van der Waals surface area (Å²) in [6, 6.07) is 0. The Balaban J connectivity index is 2.45. The second-order valence-electron chi connectivity index (χ2n) is 3.55. The normalized spacial score (nSPS) is 10.5. The van der Waals surface area contributed by atoms with Crippen LogP contribution in [0.4, 0.5) is 11.6 Å². The minimum absolute atomic E-state index is 0.114. The smallest absolute Gasteiger partial charge is 0.343 e. The zero-order valence-electron chi connectivity index (χ0n) is 10.7. The molecule has 0 atom stereocenters. The molecule has 2 heterocycles. The summed E-state index contributed by atoms with van der Waals surface area (Å²) in [5.41, 5.74) is -0.618. The SMILES string of the molecule is CCn1c(Sc2nc(NC)ncc2[N+](=O)[O-])n[nH]c1=O. The minimum Gasteiger partial charge on any atom is -0.357 e. The van der Waals surface area contributed by atoms with Crippen LogP contribution in [-0.2, 0) is 6.54 Å². The summed E-state index contributed by atoms with van der Waals surface area (Å²) in [5, 5.41) is 20.2. The van der Waals surface area contributed by atoms with Gasteiger partial charge in [-0.2, -0.15) is 4.98 Å². The van der Waals surface area contributed by atoms with Crippen molar-refractivity contribution in [2.45, 2.75) is 23.7 Å². The monoisotopic (exact) mass is 297 g/mol. The van der Waals surface area contributed by atoms with E-state index in [0.29, 0.717) is 11.7 Å². The third-order valence-electron chi connectivity index (χ3n) is 2.38. The molecule has 0 saturated heterocycles. The summed E-state index contributed by atoms with van der Waals surface area (Å²) in [5.74, 6) is 0.249. The highest BCUT2D eigenvalue weighted by atomic mass is 32.2. The number of hydrogen-bond donors (Lipinski definition) is 2. The van der Waals surface area contributed by atoms with E-state index in [0.717, 1.165) is 18.0 Å². The van der Waals surface area contributed by atoms with Crippen molar-refractivity contribution < 1.29 is 4.92 Å². The Kier molecular flexibility index (Phi) is 3.98. The van der Waals surface area contributed by atoms with Crippen LogP contribution < -0.4 is 11.0 Å². The highest BCUT2D eigenvalue weighted by molar-refractivity contribution is 7.99. The second-order valence-corrected chi connectivity index (χ2v) is 4.50. The number of nitro groups is 1. The maximum atomic E-state index is 11.5. The second kappa shape index (κ2) is 5.69. The van der Waals surface area contributed by atoms with Crippen LogP contribution in [0.15, 0.2) is 21.2 Å². The van der Waals surface area contributed by atoms with Crippen LogP contribution in [0.25, 0.3) is 0 Å². The molecular formula is C9H11N7O3S. The summed E-state index contributed by atoms with van der Waals surface area (Å²) in [7, 11) is 1.60. The van der Waals surface area contributed by atoms with E-state index in [1.807, 2.05) is 0 Å². The summed E-state index contributed by atoms with van der Waals surface area (Å²) in [4.78, 5) is 29.7. The molecule has 2 N–H and O–H groups in total. The van der Waals surface area contributed by atoms with Crippen molar-refractivity contribution in [3.05, 3.63) is 26.8 Å². The molecule has 0 spiro atoms. The number of aromatic nitrogens is 5. The lowest BCUT2D eigenvalue weighted by Crippen LogP contribution is -2.16. The molecule has 0 aliphatic rings. The first-order valence-electron chi connectivity index (χ1n) is 5.59. The first-order valence-corrected chi connectivity index (χ1v) is 6.40. The molecule has 10 nitrogen and oxygen atoms in total. The standard InChI is InChI=1S/C9H11N7O3S/c1-3-15-8(17)13-14-9(15)20-6-5(16(18)19)4-11-7(10-2)12-6/h4H,3H2,1-2H3,(H,13,17)(H,10,11,12). The van der Waals surface area contributed by atoms with Crippen LogP contribution >= 0.6 is 11.8 Å². The number of anilines is 1. The summed E-state index contributed by atoms with van der Waals surface area (Å²) < 4.78 is 1.36. The third-order valence-corrected chi connectivity index (χ3v) is 3.37. The van der Waals surface area contributed by atoms with E-state index in [1.54, 1.807) is 14.0 Å². The average molecular weight is 297 g/mol. The number of nitrogens with one attached hydrogen (secondary N) is 2. The lowest BCUT2D eigenvalue weighted by molar-refractivity contribution is -0.388. The van der Waals surface area contributed by atoms with Crippen molar-refractivity contribution in [2.24, 2.45) is 0 Å². The van der Waals surface area contributed by atoms with Crippen molar-refractivity contribution in [3.8, 4) is 0 Å². The van der Waals surface area contributed by atoms with E-state index in [4.69, 9.17) is 0 Å². The van der Waals surface area contributed by atoms with Crippen LogP contribution in [0.2, 0.25) is 0 Å². The zero-order chi connectivity index (χ0) is 14.7. The maximum absolute atomic E-state index is 11.5. The van der Waals surface area contributed by atoms with Gasteiger partial charge in [0.1, 0.15) is 6.20 Å². The van der Waals surface area contributed by atoms with Crippen molar-refractivity contribution in [1.82, 2.24) is 24.7 Å². The van der Waals surface area contributed by atoms with Crippen LogP contribution in [0.5, 0.6) is 0 Å². The average Bonchev–Trinajstić information content (AvgIpc) is 2.78. The van der Waals surface area contributed by atoms with Crippen molar-refractivity contribution in [3.63, 3.8) is 0 Å². The Hall–Kier alpha value is -2.43. The molecule has 0 aromatic carbocycles. The molecule has 0 saturated carbocycles. The van der Waals surface area contributed by atoms with E-state index in [-0.39, 0.29) is 22.4 Å². The molecule has 20 heavy (non-hydrogen) atoms. The van der Waals surface area contributed by atoms with E-state index >= 15 is 0 Å². The van der Waals surface area contributed by atoms with Gasteiger partial charge in [-0.15, -0.1) is 5.10 Å². The fourth-order valence-corrected chi connectivity index (χ4v) is 2.38. The lowest BCUT2D eigenvalue weighted by atomic mass is 10.5. The summed E-state index contributed by atoms with van der Waals surface area (Å²) >= 11 is 0.932. The van der Waals surface area contributed by atoms with Crippen molar-refractivity contribution >= 4 is 23.4 Å². The van der Waals surface area contributed by atoms with Crippen molar-refractivity contribution in [1.29, 1.82) is 0 Å². The molecule has 2 rings (SSSR count). The Labute approximate surface area is 116 Å². The molecule has 0 aliphatic carbocycles. The van der Waals surface area contributed by atoms with Gasteiger partial charge in [-0.05, 0) is 18.7 Å². The Morgan fingerprint density at radius 1 is 1.60 bits per heavy atom. The fraction of sp³-hybridized carbons (Fsp3) is 0.333. The lowest BCUT2D eigenvalue weighted by Gasteiger charge is -2.04. The molecular weight excluding hydrogens is 286 g/mol. The quantitative estimate of drug-likeness (QED) is 0.462. The van der Waals surface area contributed by atoms with E-state index in [2.05, 4.69) is 25.5 Å². The molecule has 0 amide bonds. The van der Waals surface area contributed by atoms with Gasteiger partial charge in [0.05, 0.1) is 4.92 Å². The van der Waals surface area contributed by atoms with Gasteiger partial charge in [0.15, 0.2) is 10.2 Å². The number of nitrogens with zero attached hydrogens (tertiary/aromatic N) is 5. The first kappa shape index (κ1) is 14.0. The number of aromatic amines is 1. The molecule has 106 valence electrons. The highest BCUT2D eigenvalue weighted by Gasteiger charge is 2.21. The molecule has 0 bridgehead atoms. The predicted molar refractivity (Wildman–Crippen MR) is 70.9 cm³/mol. The molecule has 2 aromatic rings. The highest BCUT2D eigenvalue weighted by Crippen LogP contribution is 2.31. The maximum Gasteiger partial charge on any atom is 0.343 e. The summed E-state index contributed by atoms with van der Waals surface area (Å²) in [6.07, 6.45) is 1.11. The van der Waals surface area contributed by atoms with Crippen LogP contribution in [0, 0.1) is 10.1 Å².